The van der Waals surface area contributed by atoms with E-state index < -0.39 is 6.10 Å². The number of carbonyl (C=O) groups excluding carboxylic acids is 1. The average Bonchev–Trinajstić information content (AvgIpc) is 3.25. The Kier molecular flexibility index (Phi) is 8.73. The molecule has 0 spiro atoms. The SMILES string of the molecule is COCCOCCOCCOC(C(=O)OC)C1CC1. The van der Waals surface area contributed by atoms with E-state index in [4.69, 9.17) is 23.7 Å². The summed E-state index contributed by atoms with van der Waals surface area (Å²) in [5.74, 6) is 0.0372. The summed E-state index contributed by atoms with van der Waals surface area (Å²) in [5, 5.41) is 0. The van der Waals surface area contributed by atoms with E-state index >= 15 is 0 Å². The lowest BCUT2D eigenvalue weighted by atomic mass is 10.2. The fourth-order valence-corrected chi connectivity index (χ4v) is 1.61. The smallest absolute Gasteiger partial charge is 0.335 e. The number of ether oxygens (including phenoxy) is 5. The zero-order valence-corrected chi connectivity index (χ0v) is 11.8. The molecule has 0 saturated heterocycles. The van der Waals surface area contributed by atoms with Gasteiger partial charge in [0.1, 0.15) is 0 Å². The van der Waals surface area contributed by atoms with Crippen LogP contribution in [0.4, 0.5) is 0 Å². The maximum absolute atomic E-state index is 11.4. The Labute approximate surface area is 114 Å². The van der Waals surface area contributed by atoms with E-state index in [2.05, 4.69) is 0 Å². The molecule has 0 aromatic rings. The van der Waals surface area contributed by atoms with Crippen molar-refractivity contribution in [3.63, 3.8) is 0 Å². The molecule has 0 radical (unpaired) electrons. The Morgan fingerprint density at radius 1 is 1.00 bits per heavy atom. The third-order valence-electron chi connectivity index (χ3n) is 2.81. The molecule has 1 atom stereocenters. The highest BCUT2D eigenvalue weighted by atomic mass is 16.6. The molecule has 1 unspecified atom stereocenters. The Morgan fingerprint density at radius 2 is 1.58 bits per heavy atom. The molecule has 6 nitrogen and oxygen atoms in total. The predicted octanol–water partition coefficient (Wildman–Crippen LogP) is 0.634. The summed E-state index contributed by atoms with van der Waals surface area (Å²) in [6, 6.07) is 0. The van der Waals surface area contributed by atoms with Crippen LogP contribution in [0.1, 0.15) is 12.8 Å². The van der Waals surface area contributed by atoms with Crippen LogP contribution >= 0.6 is 0 Å². The highest BCUT2D eigenvalue weighted by Gasteiger charge is 2.37. The van der Waals surface area contributed by atoms with Crippen molar-refractivity contribution in [1.29, 1.82) is 0 Å². The first-order chi connectivity index (χ1) is 9.29. The third-order valence-corrected chi connectivity index (χ3v) is 2.81. The molecule has 1 fully saturated rings. The van der Waals surface area contributed by atoms with E-state index in [0.717, 1.165) is 12.8 Å². The van der Waals surface area contributed by atoms with E-state index in [9.17, 15) is 4.79 Å². The molecule has 1 rings (SSSR count). The fourth-order valence-electron chi connectivity index (χ4n) is 1.61. The second-order valence-corrected chi connectivity index (χ2v) is 4.37. The quantitative estimate of drug-likeness (QED) is 0.385. The van der Waals surface area contributed by atoms with Gasteiger partial charge in [0.25, 0.3) is 0 Å². The Balaban J connectivity index is 1.93. The fraction of sp³-hybridized carbons (Fsp3) is 0.923. The summed E-state index contributed by atoms with van der Waals surface area (Å²) in [5.41, 5.74) is 0. The van der Waals surface area contributed by atoms with Gasteiger partial charge in [0.15, 0.2) is 6.10 Å². The van der Waals surface area contributed by atoms with Gasteiger partial charge < -0.3 is 23.7 Å². The van der Waals surface area contributed by atoms with Gasteiger partial charge >= 0.3 is 5.97 Å². The minimum absolute atomic E-state index is 0.287. The van der Waals surface area contributed by atoms with E-state index in [0.29, 0.717) is 45.6 Å². The van der Waals surface area contributed by atoms with E-state index in [-0.39, 0.29) is 5.97 Å². The van der Waals surface area contributed by atoms with Crippen LogP contribution in [0.5, 0.6) is 0 Å². The lowest BCUT2D eigenvalue weighted by molar-refractivity contribution is -0.156. The molecule has 1 saturated carbocycles. The number of hydrogen-bond acceptors (Lipinski definition) is 6. The molecular weight excluding hydrogens is 252 g/mol. The Morgan fingerprint density at radius 3 is 2.11 bits per heavy atom. The van der Waals surface area contributed by atoms with Crippen LogP contribution < -0.4 is 0 Å². The van der Waals surface area contributed by atoms with Crippen LogP contribution in [-0.2, 0) is 28.5 Å². The van der Waals surface area contributed by atoms with Gasteiger partial charge in [-0.2, -0.15) is 0 Å². The topological polar surface area (TPSA) is 63.2 Å². The molecule has 1 aliphatic carbocycles. The molecule has 0 N–H and O–H groups in total. The van der Waals surface area contributed by atoms with Crippen molar-refractivity contribution < 1.29 is 28.5 Å². The third kappa shape index (κ3) is 7.47. The van der Waals surface area contributed by atoms with Crippen molar-refractivity contribution in [2.45, 2.75) is 18.9 Å². The van der Waals surface area contributed by atoms with Crippen molar-refractivity contribution in [2.75, 3.05) is 53.9 Å². The van der Waals surface area contributed by atoms with Crippen molar-refractivity contribution in [3.05, 3.63) is 0 Å². The van der Waals surface area contributed by atoms with Crippen LogP contribution in [0.25, 0.3) is 0 Å². The average molecular weight is 276 g/mol. The molecule has 0 heterocycles. The largest absolute Gasteiger partial charge is 0.467 e. The van der Waals surface area contributed by atoms with Crippen molar-refractivity contribution in [2.24, 2.45) is 5.92 Å². The van der Waals surface area contributed by atoms with Crippen LogP contribution in [0.3, 0.4) is 0 Å². The van der Waals surface area contributed by atoms with Gasteiger partial charge in [-0.15, -0.1) is 0 Å². The van der Waals surface area contributed by atoms with E-state index in [1.165, 1.54) is 7.11 Å². The van der Waals surface area contributed by atoms with Gasteiger partial charge in [0, 0.05) is 7.11 Å². The zero-order chi connectivity index (χ0) is 13.9. The number of carbonyl (C=O) groups is 1. The second kappa shape index (κ2) is 10.1. The molecule has 0 aliphatic heterocycles. The van der Waals surface area contributed by atoms with Gasteiger partial charge in [0.05, 0.1) is 46.8 Å². The maximum Gasteiger partial charge on any atom is 0.335 e. The van der Waals surface area contributed by atoms with Crippen molar-refractivity contribution in [1.82, 2.24) is 0 Å². The minimum atomic E-state index is -0.424. The highest BCUT2D eigenvalue weighted by Crippen LogP contribution is 2.34. The summed E-state index contributed by atoms with van der Waals surface area (Å²) in [6.45, 7) is 3.06. The number of hydrogen-bond donors (Lipinski definition) is 0. The van der Waals surface area contributed by atoms with Gasteiger partial charge in [-0.3, -0.25) is 0 Å². The molecule has 112 valence electrons. The second-order valence-electron chi connectivity index (χ2n) is 4.37. The molecular formula is C13H24O6. The summed E-state index contributed by atoms with van der Waals surface area (Å²) in [6.07, 6.45) is 1.65. The normalized spacial score (nSPS) is 16.3. The van der Waals surface area contributed by atoms with Crippen molar-refractivity contribution in [3.8, 4) is 0 Å². The van der Waals surface area contributed by atoms with Gasteiger partial charge in [-0.05, 0) is 18.8 Å². The Hall–Kier alpha value is -0.690. The first-order valence-corrected chi connectivity index (χ1v) is 6.63. The van der Waals surface area contributed by atoms with Crippen LogP contribution in [0.2, 0.25) is 0 Å². The summed E-state index contributed by atoms with van der Waals surface area (Å²) < 4.78 is 25.6. The summed E-state index contributed by atoms with van der Waals surface area (Å²) >= 11 is 0. The zero-order valence-electron chi connectivity index (χ0n) is 11.8. The van der Waals surface area contributed by atoms with E-state index in [1.54, 1.807) is 7.11 Å². The molecule has 0 bridgehead atoms. The first kappa shape index (κ1) is 16.4. The molecule has 0 amide bonds. The van der Waals surface area contributed by atoms with E-state index in [1.807, 2.05) is 0 Å². The number of methoxy groups -OCH3 is 2. The first-order valence-electron chi connectivity index (χ1n) is 6.63. The minimum Gasteiger partial charge on any atom is -0.467 e. The lowest BCUT2D eigenvalue weighted by Gasteiger charge is -2.14. The maximum atomic E-state index is 11.4. The molecule has 0 aromatic carbocycles. The van der Waals surface area contributed by atoms with Crippen LogP contribution in [0.15, 0.2) is 0 Å². The molecule has 1 aliphatic rings. The van der Waals surface area contributed by atoms with Crippen LogP contribution in [-0.4, -0.2) is 65.9 Å². The van der Waals surface area contributed by atoms with Gasteiger partial charge in [-0.1, -0.05) is 0 Å². The molecule has 19 heavy (non-hydrogen) atoms. The molecule has 0 aromatic heterocycles. The lowest BCUT2D eigenvalue weighted by Crippen LogP contribution is -2.29. The monoisotopic (exact) mass is 276 g/mol. The number of esters is 1. The summed E-state index contributed by atoms with van der Waals surface area (Å²) in [7, 11) is 3.02. The number of rotatable bonds is 12. The van der Waals surface area contributed by atoms with Crippen LogP contribution in [0, 0.1) is 5.92 Å². The predicted molar refractivity (Wildman–Crippen MR) is 68.0 cm³/mol. The Bertz CT molecular complexity index is 241. The standard InChI is InChI=1S/C13H24O6/c1-15-5-6-17-7-8-18-9-10-19-12(11-3-4-11)13(14)16-2/h11-12H,3-10H2,1-2H3. The van der Waals surface area contributed by atoms with Gasteiger partial charge in [-0.25, -0.2) is 4.79 Å². The van der Waals surface area contributed by atoms with Crippen molar-refractivity contribution >= 4 is 5.97 Å². The molecule has 6 heteroatoms. The van der Waals surface area contributed by atoms with Gasteiger partial charge in [0.2, 0.25) is 0 Å². The highest BCUT2D eigenvalue weighted by molar-refractivity contribution is 5.75. The summed E-state index contributed by atoms with van der Waals surface area (Å²) in [4.78, 5) is 11.4.